The highest BCUT2D eigenvalue weighted by molar-refractivity contribution is 5.85. The maximum Gasteiger partial charge on any atom is 0.229 e. The van der Waals surface area contributed by atoms with Gasteiger partial charge in [-0.05, 0) is 81.5 Å². The zero-order valence-electron chi connectivity index (χ0n) is 27.1. The normalized spacial score (nSPS) is 19.3. The molecule has 46 heavy (non-hydrogen) atoms. The fourth-order valence-corrected chi connectivity index (χ4v) is 7.23. The summed E-state index contributed by atoms with van der Waals surface area (Å²) in [6.07, 6.45) is 4.20. The van der Waals surface area contributed by atoms with Crippen LogP contribution in [0.4, 0.5) is 10.3 Å². The van der Waals surface area contributed by atoms with Crippen LogP contribution in [0.25, 0.3) is 11.0 Å². The van der Waals surface area contributed by atoms with E-state index in [1.165, 1.54) is 12.1 Å². The molecule has 244 valence electrons. The van der Waals surface area contributed by atoms with Crippen LogP contribution in [0.15, 0.2) is 72.8 Å². The van der Waals surface area contributed by atoms with Gasteiger partial charge in [0.25, 0.3) is 0 Å². The van der Waals surface area contributed by atoms with Gasteiger partial charge in [-0.25, -0.2) is 9.37 Å². The molecule has 1 atom stereocenters. The Morgan fingerprint density at radius 1 is 1.02 bits per heavy atom. The van der Waals surface area contributed by atoms with Crippen LogP contribution in [-0.4, -0.2) is 84.8 Å². The van der Waals surface area contributed by atoms with Crippen LogP contribution < -0.4 is 9.64 Å². The van der Waals surface area contributed by atoms with E-state index in [1.807, 2.05) is 66.4 Å². The van der Waals surface area contributed by atoms with Crippen molar-refractivity contribution < 1.29 is 18.7 Å². The molecule has 0 bridgehead atoms. The number of piperidine rings is 1. The number of hydrogen-bond donors (Lipinski definition) is 1. The smallest absolute Gasteiger partial charge is 0.229 e. The molecule has 0 spiro atoms. The fourth-order valence-electron chi connectivity index (χ4n) is 7.23. The molecule has 2 fully saturated rings. The number of halogens is 1. The Hall–Kier alpha value is -3.95. The standard InChI is InChI=1S/C37H46FN5O3/c1-3-46-25-24-43(36-39-32-9-5-6-10-33(32)40-36)31-16-20-41(21-17-31)22-18-37(26-28-12-14-30(38)15-13-28)19-23-42(35(37)44)27-29-8-4-7-11-34(29)45-2/h4-15,31H,3,16-27H2,1-2H3,(H,39,40). The number of nitrogens with zero attached hydrogens (tertiary/aromatic N) is 4. The van der Waals surface area contributed by atoms with E-state index in [0.29, 0.717) is 38.8 Å². The second-order valence-electron chi connectivity index (χ2n) is 12.7. The SMILES string of the molecule is CCOCCN(c1nc2ccccc2[nH]1)C1CCN(CCC2(Cc3ccc(F)cc3)CCN(Cc3ccccc3OC)C2=O)CC1. The number of aromatic amines is 1. The van der Waals surface area contributed by atoms with Crippen LogP contribution >= 0.6 is 0 Å². The van der Waals surface area contributed by atoms with Crippen molar-refractivity contribution in [3.63, 3.8) is 0 Å². The molecule has 2 aliphatic rings. The van der Waals surface area contributed by atoms with Crippen molar-refractivity contribution in [2.75, 3.05) is 57.9 Å². The Kier molecular flexibility index (Phi) is 10.2. The highest BCUT2D eigenvalue weighted by atomic mass is 19.1. The first kappa shape index (κ1) is 32.0. The van der Waals surface area contributed by atoms with Gasteiger partial charge in [0.05, 0.1) is 30.2 Å². The number of imidazole rings is 1. The monoisotopic (exact) mass is 627 g/mol. The molecule has 1 aromatic heterocycles. The summed E-state index contributed by atoms with van der Waals surface area (Å²) < 4.78 is 25.1. The van der Waals surface area contributed by atoms with E-state index in [2.05, 4.69) is 20.9 Å². The lowest BCUT2D eigenvalue weighted by molar-refractivity contribution is -0.137. The molecular formula is C37H46FN5O3. The lowest BCUT2D eigenvalue weighted by Crippen LogP contribution is -2.47. The summed E-state index contributed by atoms with van der Waals surface area (Å²) in [4.78, 5) is 29.6. The van der Waals surface area contributed by atoms with Crippen molar-refractivity contribution in [3.8, 4) is 5.75 Å². The second-order valence-corrected chi connectivity index (χ2v) is 12.7. The number of methoxy groups -OCH3 is 1. The number of ether oxygens (including phenoxy) is 2. The zero-order chi connectivity index (χ0) is 31.9. The van der Waals surface area contributed by atoms with Crippen LogP contribution in [0, 0.1) is 11.2 Å². The molecule has 1 amide bonds. The summed E-state index contributed by atoms with van der Waals surface area (Å²) in [5.41, 5.74) is 3.52. The maximum absolute atomic E-state index is 14.2. The average Bonchev–Trinajstić information content (AvgIpc) is 3.65. The molecule has 1 unspecified atom stereocenters. The number of carbonyl (C=O) groups is 1. The number of benzene rings is 3. The first-order chi connectivity index (χ1) is 22.5. The van der Waals surface area contributed by atoms with Crippen molar-refractivity contribution >= 4 is 22.9 Å². The van der Waals surface area contributed by atoms with E-state index < -0.39 is 5.41 Å². The van der Waals surface area contributed by atoms with Gasteiger partial charge >= 0.3 is 0 Å². The predicted molar refractivity (Wildman–Crippen MR) is 180 cm³/mol. The summed E-state index contributed by atoms with van der Waals surface area (Å²) in [6, 6.07) is 23.1. The van der Waals surface area contributed by atoms with Gasteiger partial charge < -0.3 is 29.2 Å². The van der Waals surface area contributed by atoms with Gasteiger partial charge in [-0.3, -0.25) is 4.79 Å². The number of amides is 1. The van der Waals surface area contributed by atoms with Crippen molar-refractivity contribution in [2.24, 2.45) is 5.41 Å². The third-order valence-corrected chi connectivity index (χ3v) is 9.84. The van der Waals surface area contributed by atoms with Gasteiger partial charge in [0.1, 0.15) is 11.6 Å². The Labute approximate surface area is 271 Å². The first-order valence-electron chi connectivity index (χ1n) is 16.7. The van der Waals surface area contributed by atoms with Gasteiger partial charge in [-0.1, -0.05) is 42.5 Å². The highest BCUT2D eigenvalue weighted by Gasteiger charge is 2.46. The van der Waals surface area contributed by atoms with E-state index in [9.17, 15) is 9.18 Å². The van der Waals surface area contributed by atoms with Crippen LogP contribution in [0.2, 0.25) is 0 Å². The van der Waals surface area contributed by atoms with Gasteiger partial charge in [0, 0.05) is 50.9 Å². The number of fused-ring (bicyclic) bond motifs is 1. The molecule has 2 aliphatic heterocycles. The van der Waals surface area contributed by atoms with Gasteiger partial charge in [0.2, 0.25) is 11.9 Å². The molecule has 1 N–H and O–H groups in total. The third kappa shape index (κ3) is 7.21. The first-order valence-corrected chi connectivity index (χ1v) is 16.7. The minimum Gasteiger partial charge on any atom is -0.496 e. The number of likely N-dealkylation sites (tertiary alicyclic amines) is 2. The molecule has 0 saturated carbocycles. The quantitative estimate of drug-likeness (QED) is 0.171. The lowest BCUT2D eigenvalue weighted by atomic mass is 9.77. The Morgan fingerprint density at radius 3 is 2.54 bits per heavy atom. The van der Waals surface area contributed by atoms with Gasteiger partial charge in [-0.2, -0.15) is 0 Å². The van der Waals surface area contributed by atoms with E-state index >= 15 is 0 Å². The van der Waals surface area contributed by atoms with Crippen molar-refractivity contribution in [1.29, 1.82) is 0 Å². The molecule has 9 heteroatoms. The summed E-state index contributed by atoms with van der Waals surface area (Å²) in [6.45, 7) is 8.17. The molecular weight excluding hydrogens is 581 g/mol. The third-order valence-electron chi connectivity index (χ3n) is 9.84. The highest BCUT2D eigenvalue weighted by Crippen LogP contribution is 2.40. The number of H-pyrrole nitrogens is 1. The van der Waals surface area contributed by atoms with E-state index in [-0.39, 0.29) is 11.7 Å². The maximum atomic E-state index is 14.2. The number of hydrogen-bond acceptors (Lipinski definition) is 6. The van der Waals surface area contributed by atoms with E-state index in [1.54, 1.807) is 7.11 Å². The number of para-hydroxylation sites is 3. The molecule has 0 aliphatic carbocycles. The van der Waals surface area contributed by atoms with Gasteiger partial charge in [0.15, 0.2) is 0 Å². The van der Waals surface area contributed by atoms with Crippen molar-refractivity contribution in [3.05, 3.63) is 89.7 Å². The Morgan fingerprint density at radius 2 is 1.78 bits per heavy atom. The van der Waals surface area contributed by atoms with Crippen LogP contribution in [-0.2, 0) is 22.5 Å². The zero-order valence-corrected chi connectivity index (χ0v) is 27.1. The molecule has 4 aromatic rings. The topological polar surface area (TPSA) is 73.9 Å². The summed E-state index contributed by atoms with van der Waals surface area (Å²) in [7, 11) is 1.67. The fraction of sp³-hybridized carbons (Fsp3) is 0.459. The summed E-state index contributed by atoms with van der Waals surface area (Å²) >= 11 is 0. The van der Waals surface area contributed by atoms with Crippen LogP contribution in [0.5, 0.6) is 5.75 Å². The molecule has 0 radical (unpaired) electrons. The minimum absolute atomic E-state index is 0.185. The minimum atomic E-state index is -0.519. The van der Waals surface area contributed by atoms with E-state index in [4.69, 9.17) is 14.5 Å². The van der Waals surface area contributed by atoms with Crippen LogP contribution in [0.1, 0.15) is 43.7 Å². The Bertz CT molecular complexity index is 1550. The number of nitrogens with one attached hydrogen (secondary N) is 1. The summed E-state index contributed by atoms with van der Waals surface area (Å²) in [5.74, 6) is 1.63. The largest absolute Gasteiger partial charge is 0.496 e. The molecule has 3 aromatic carbocycles. The number of aromatic nitrogens is 2. The van der Waals surface area contributed by atoms with Crippen molar-refractivity contribution in [2.45, 2.75) is 51.6 Å². The molecule has 8 nitrogen and oxygen atoms in total. The number of anilines is 1. The predicted octanol–water partition coefficient (Wildman–Crippen LogP) is 6.07. The van der Waals surface area contributed by atoms with E-state index in [0.717, 1.165) is 85.7 Å². The molecule has 2 saturated heterocycles. The van der Waals surface area contributed by atoms with Gasteiger partial charge in [-0.15, -0.1) is 0 Å². The van der Waals surface area contributed by atoms with Crippen molar-refractivity contribution in [1.82, 2.24) is 19.8 Å². The Balaban J connectivity index is 1.13. The molecule has 3 heterocycles. The van der Waals surface area contributed by atoms with Crippen LogP contribution in [0.3, 0.4) is 0 Å². The number of rotatable bonds is 14. The average molecular weight is 628 g/mol. The molecule has 6 rings (SSSR count). The second kappa shape index (κ2) is 14.6. The lowest BCUT2D eigenvalue weighted by Gasteiger charge is -2.39. The summed E-state index contributed by atoms with van der Waals surface area (Å²) in [5, 5.41) is 0. The number of carbonyl (C=O) groups excluding carboxylic acids is 1.